The van der Waals surface area contributed by atoms with Crippen LogP contribution >= 0.6 is 0 Å². The van der Waals surface area contributed by atoms with Crippen LogP contribution in [0, 0.1) is 6.92 Å². The summed E-state index contributed by atoms with van der Waals surface area (Å²) in [5.41, 5.74) is 6.05. The largest absolute Gasteiger partial charge is 0.368 e. The van der Waals surface area contributed by atoms with Crippen molar-refractivity contribution >= 4 is 21.8 Å². The molecule has 0 spiro atoms. The van der Waals surface area contributed by atoms with Gasteiger partial charge in [0.2, 0.25) is 21.8 Å². The Labute approximate surface area is 129 Å². The van der Waals surface area contributed by atoms with Gasteiger partial charge in [0.1, 0.15) is 6.04 Å². The normalized spacial score (nSPS) is 20.2. The Morgan fingerprint density at radius 1 is 1.27 bits per heavy atom. The third-order valence-corrected chi connectivity index (χ3v) is 5.65. The molecule has 8 heteroatoms. The smallest absolute Gasteiger partial charge is 0.243 e. The molecule has 1 saturated heterocycles. The molecule has 0 bridgehead atoms. The monoisotopic (exact) mass is 325 g/mol. The van der Waals surface area contributed by atoms with Gasteiger partial charge in [0.15, 0.2) is 0 Å². The number of nitrogens with two attached hydrogens (primary N) is 1. The van der Waals surface area contributed by atoms with Crippen molar-refractivity contribution in [3.63, 3.8) is 0 Å². The highest BCUT2D eigenvalue weighted by Gasteiger charge is 2.39. The van der Waals surface area contributed by atoms with Crippen molar-refractivity contribution in [3.8, 4) is 0 Å². The Kier molecular flexibility index (Phi) is 4.52. The molecule has 1 fully saturated rings. The fourth-order valence-electron chi connectivity index (χ4n) is 2.43. The SMILES string of the molecule is Cc1ccc(S(=O)(=O)N2CCN(CC(N)=O)C(=O)[C@@H]2C)cc1. The molecule has 1 aliphatic heterocycles. The average Bonchev–Trinajstić information content (AvgIpc) is 2.44. The number of benzene rings is 1. The highest BCUT2D eigenvalue weighted by Crippen LogP contribution is 2.22. The van der Waals surface area contributed by atoms with Crippen molar-refractivity contribution in [2.75, 3.05) is 19.6 Å². The van der Waals surface area contributed by atoms with Crippen molar-refractivity contribution in [1.82, 2.24) is 9.21 Å². The standard InChI is InChI=1S/C14H19N3O4S/c1-10-3-5-12(6-4-10)22(20,21)17-8-7-16(9-13(15)18)14(19)11(17)2/h3-6,11H,7-9H2,1-2H3,(H2,15,18)/t11-/m0/s1. The van der Waals surface area contributed by atoms with Gasteiger partial charge in [-0.3, -0.25) is 9.59 Å². The van der Waals surface area contributed by atoms with E-state index in [9.17, 15) is 18.0 Å². The third-order valence-electron chi connectivity index (χ3n) is 3.67. The fourth-order valence-corrected chi connectivity index (χ4v) is 4.01. The van der Waals surface area contributed by atoms with Crippen LogP contribution < -0.4 is 5.73 Å². The van der Waals surface area contributed by atoms with Gasteiger partial charge in [-0.25, -0.2) is 8.42 Å². The molecule has 2 rings (SSSR count). The van der Waals surface area contributed by atoms with E-state index in [2.05, 4.69) is 0 Å². The van der Waals surface area contributed by atoms with Gasteiger partial charge in [0.25, 0.3) is 0 Å². The van der Waals surface area contributed by atoms with Crippen molar-refractivity contribution in [3.05, 3.63) is 29.8 Å². The fraction of sp³-hybridized carbons (Fsp3) is 0.429. The van der Waals surface area contributed by atoms with E-state index in [0.29, 0.717) is 0 Å². The van der Waals surface area contributed by atoms with E-state index in [1.54, 1.807) is 12.1 Å². The van der Waals surface area contributed by atoms with Crippen molar-refractivity contribution in [2.45, 2.75) is 24.8 Å². The molecule has 1 heterocycles. The maximum absolute atomic E-state index is 12.6. The van der Waals surface area contributed by atoms with Crippen LogP contribution in [-0.4, -0.2) is 55.1 Å². The predicted molar refractivity (Wildman–Crippen MR) is 80.3 cm³/mol. The van der Waals surface area contributed by atoms with Crippen LogP contribution in [0.15, 0.2) is 29.2 Å². The summed E-state index contributed by atoms with van der Waals surface area (Å²) in [7, 11) is -3.74. The molecular formula is C14H19N3O4S. The number of hydrogen-bond acceptors (Lipinski definition) is 4. The van der Waals surface area contributed by atoms with E-state index in [-0.39, 0.29) is 24.5 Å². The first-order valence-electron chi connectivity index (χ1n) is 6.89. The van der Waals surface area contributed by atoms with Gasteiger partial charge < -0.3 is 10.6 Å². The highest BCUT2D eigenvalue weighted by atomic mass is 32.2. The lowest BCUT2D eigenvalue weighted by Gasteiger charge is -2.37. The summed E-state index contributed by atoms with van der Waals surface area (Å²) in [6.45, 7) is 3.47. The second kappa shape index (κ2) is 6.05. The number of carbonyl (C=O) groups is 2. The topological polar surface area (TPSA) is 101 Å². The molecule has 1 aromatic carbocycles. The van der Waals surface area contributed by atoms with E-state index in [1.165, 1.54) is 24.0 Å². The minimum atomic E-state index is -3.74. The van der Waals surface area contributed by atoms with Gasteiger partial charge in [-0.15, -0.1) is 0 Å². The first kappa shape index (κ1) is 16.4. The summed E-state index contributed by atoms with van der Waals surface area (Å²) in [5, 5.41) is 0. The minimum Gasteiger partial charge on any atom is -0.368 e. The quantitative estimate of drug-likeness (QED) is 0.821. The zero-order valence-corrected chi connectivity index (χ0v) is 13.3. The van der Waals surface area contributed by atoms with E-state index in [1.807, 2.05) is 6.92 Å². The van der Waals surface area contributed by atoms with Gasteiger partial charge in [-0.05, 0) is 26.0 Å². The lowest BCUT2D eigenvalue weighted by atomic mass is 10.2. The number of sulfonamides is 1. The highest BCUT2D eigenvalue weighted by molar-refractivity contribution is 7.89. The predicted octanol–water partition coefficient (Wildman–Crippen LogP) is -0.298. The summed E-state index contributed by atoms with van der Waals surface area (Å²) < 4.78 is 26.5. The molecule has 7 nitrogen and oxygen atoms in total. The van der Waals surface area contributed by atoms with Crippen LogP contribution in [0.4, 0.5) is 0 Å². The number of nitrogens with zero attached hydrogens (tertiary/aromatic N) is 2. The second-order valence-electron chi connectivity index (χ2n) is 5.33. The molecule has 2 amide bonds. The minimum absolute atomic E-state index is 0.135. The maximum Gasteiger partial charge on any atom is 0.243 e. The Hall–Kier alpha value is -1.93. The number of primary amides is 1. The number of carbonyl (C=O) groups excluding carboxylic acids is 2. The molecule has 0 aliphatic carbocycles. The Morgan fingerprint density at radius 2 is 1.86 bits per heavy atom. The number of piperazine rings is 1. The molecule has 0 aromatic heterocycles. The number of hydrogen-bond donors (Lipinski definition) is 1. The van der Waals surface area contributed by atoms with Crippen LogP contribution in [0.1, 0.15) is 12.5 Å². The Balaban J connectivity index is 2.24. The van der Waals surface area contributed by atoms with E-state index in [4.69, 9.17) is 5.73 Å². The van der Waals surface area contributed by atoms with Gasteiger partial charge in [-0.1, -0.05) is 17.7 Å². The van der Waals surface area contributed by atoms with Gasteiger partial charge in [0, 0.05) is 13.1 Å². The molecule has 1 aromatic rings. The summed E-state index contributed by atoms with van der Waals surface area (Å²) in [6, 6.07) is 5.61. The zero-order valence-electron chi connectivity index (χ0n) is 12.5. The second-order valence-corrected chi connectivity index (χ2v) is 7.22. The maximum atomic E-state index is 12.6. The number of rotatable bonds is 4. The van der Waals surface area contributed by atoms with E-state index in [0.717, 1.165) is 9.87 Å². The molecule has 1 aliphatic rings. The zero-order chi connectivity index (χ0) is 16.5. The molecule has 22 heavy (non-hydrogen) atoms. The number of aryl methyl sites for hydroxylation is 1. The van der Waals surface area contributed by atoms with Crippen LogP contribution in [0.3, 0.4) is 0 Å². The third kappa shape index (κ3) is 3.12. The molecule has 0 unspecified atom stereocenters. The summed E-state index contributed by atoms with van der Waals surface area (Å²) >= 11 is 0. The van der Waals surface area contributed by atoms with Gasteiger partial charge in [0.05, 0.1) is 11.4 Å². The first-order chi connectivity index (χ1) is 10.2. The lowest BCUT2D eigenvalue weighted by molar-refractivity contribution is -0.141. The van der Waals surface area contributed by atoms with Crippen LogP contribution in [0.25, 0.3) is 0 Å². The molecule has 120 valence electrons. The molecule has 2 N–H and O–H groups in total. The summed E-state index contributed by atoms with van der Waals surface area (Å²) in [6.07, 6.45) is 0. The summed E-state index contributed by atoms with van der Waals surface area (Å²) in [4.78, 5) is 24.6. The Bertz CT molecular complexity index is 685. The first-order valence-corrected chi connectivity index (χ1v) is 8.33. The van der Waals surface area contributed by atoms with Gasteiger partial charge in [-0.2, -0.15) is 4.31 Å². The Morgan fingerprint density at radius 3 is 2.41 bits per heavy atom. The lowest BCUT2D eigenvalue weighted by Crippen LogP contribution is -2.58. The van der Waals surface area contributed by atoms with E-state index < -0.39 is 27.9 Å². The van der Waals surface area contributed by atoms with Crippen molar-refractivity contribution in [2.24, 2.45) is 5.73 Å². The summed E-state index contributed by atoms with van der Waals surface area (Å²) in [5.74, 6) is -1.03. The van der Waals surface area contributed by atoms with E-state index >= 15 is 0 Å². The van der Waals surface area contributed by atoms with Crippen molar-refractivity contribution in [1.29, 1.82) is 0 Å². The average molecular weight is 325 g/mol. The molecule has 0 radical (unpaired) electrons. The van der Waals surface area contributed by atoms with Crippen molar-refractivity contribution < 1.29 is 18.0 Å². The number of amides is 2. The molecular weight excluding hydrogens is 306 g/mol. The molecule has 1 atom stereocenters. The van der Waals surface area contributed by atoms with Crippen LogP contribution in [0.5, 0.6) is 0 Å². The molecule has 0 saturated carbocycles. The van der Waals surface area contributed by atoms with Crippen LogP contribution in [-0.2, 0) is 19.6 Å². The van der Waals surface area contributed by atoms with Gasteiger partial charge >= 0.3 is 0 Å². The van der Waals surface area contributed by atoms with Crippen LogP contribution in [0.2, 0.25) is 0 Å².